The highest BCUT2D eigenvalue weighted by molar-refractivity contribution is 7.26. The lowest BCUT2D eigenvalue weighted by Gasteiger charge is -2.03. The predicted molar refractivity (Wildman–Crippen MR) is 127 cm³/mol. The minimum absolute atomic E-state index is 0.475. The number of aryl methyl sites for hydroxylation is 2. The van der Waals surface area contributed by atoms with Crippen LogP contribution in [-0.2, 0) is 12.8 Å². The standard InChI is InChI=1S/C24H30F2S3/c1-3-5-7-9-11-17-13-15-27-21(17)23-19(25)20(26)24(29-23)22-18(14-16-28-22)12-10-8-6-4-2/h13-16H,3-12H2,1-2H3. The minimum atomic E-state index is -0.674. The molecule has 3 heterocycles. The summed E-state index contributed by atoms with van der Waals surface area (Å²) in [6.07, 6.45) is 11.3. The van der Waals surface area contributed by atoms with Gasteiger partial charge in [0, 0.05) is 0 Å². The van der Waals surface area contributed by atoms with Crippen LogP contribution in [-0.4, -0.2) is 0 Å². The van der Waals surface area contributed by atoms with Crippen LogP contribution in [0.15, 0.2) is 22.9 Å². The highest BCUT2D eigenvalue weighted by Crippen LogP contribution is 2.46. The van der Waals surface area contributed by atoms with Crippen molar-refractivity contribution in [3.63, 3.8) is 0 Å². The van der Waals surface area contributed by atoms with Gasteiger partial charge in [0.25, 0.3) is 0 Å². The summed E-state index contributed by atoms with van der Waals surface area (Å²) in [5, 5.41) is 4.01. The Morgan fingerprint density at radius 3 is 1.48 bits per heavy atom. The molecule has 158 valence electrons. The minimum Gasteiger partial charge on any atom is -0.202 e. The molecule has 0 bridgehead atoms. The molecule has 0 atom stereocenters. The Kier molecular flexibility index (Phi) is 8.88. The van der Waals surface area contributed by atoms with Crippen LogP contribution in [0.3, 0.4) is 0 Å². The van der Waals surface area contributed by atoms with Crippen LogP contribution in [0.25, 0.3) is 19.5 Å². The van der Waals surface area contributed by atoms with E-state index in [1.54, 1.807) is 0 Å². The number of halogens is 2. The smallest absolute Gasteiger partial charge is 0.178 e. The number of rotatable bonds is 12. The van der Waals surface area contributed by atoms with Crippen LogP contribution in [0.4, 0.5) is 8.78 Å². The van der Waals surface area contributed by atoms with Gasteiger partial charge < -0.3 is 0 Å². The molecule has 0 saturated heterocycles. The molecule has 0 N–H and O–H groups in total. The van der Waals surface area contributed by atoms with Gasteiger partial charge in [0.05, 0.1) is 19.5 Å². The number of hydrogen-bond donors (Lipinski definition) is 0. The van der Waals surface area contributed by atoms with E-state index in [0.29, 0.717) is 9.75 Å². The Bertz CT molecular complexity index is 817. The van der Waals surface area contributed by atoms with E-state index in [1.165, 1.54) is 72.5 Å². The summed E-state index contributed by atoms with van der Waals surface area (Å²) >= 11 is 4.35. The van der Waals surface area contributed by atoms with Gasteiger partial charge in [-0.05, 0) is 59.7 Å². The van der Waals surface area contributed by atoms with E-state index in [2.05, 4.69) is 26.0 Å². The molecule has 3 aromatic heterocycles. The second kappa shape index (κ2) is 11.4. The average Bonchev–Trinajstić information content (AvgIpc) is 3.43. The zero-order chi connectivity index (χ0) is 20.6. The lowest BCUT2D eigenvalue weighted by molar-refractivity contribution is 0.520. The van der Waals surface area contributed by atoms with Gasteiger partial charge in [0.15, 0.2) is 11.6 Å². The van der Waals surface area contributed by atoms with Gasteiger partial charge in [-0.2, -0.15) is 0 Å². The third kappa shape index (κ3) is 5.56. The second-order valence-corrected chi connectivity index (χ2v) is 10.4. The van der Waals surface area contributed by atoms with Gasteiger partial charge in [-0.25, -0.2) is 8.78 Å². The number of hydrogen-bond acceptors (Lipinski definition) is 3. The Morgan fingerprint density at radius 2 is 1.07 bits per heavy atom. The van der Waals surface area contributed by atoms with Crippen molar-refractivity contribution >= 4 is 34.0 Å². The molecule has 0 unspecified atom stereocenters. The van der Waals surface area contributed by atoms with Crippen LogP contribution in [0.1, 0.15) is 76.3 Å². The molecule has 0 aliphatic heterocycles. The molecule has 3 aromatic rings. The van der Waals surface area contributed by atoms with Gasteiger partial charge in [0.2, 0.25) is 0 Å². The summed E-state index contributed by atoms with van der Waals surface area (Å²) in [5.41, 5.74) is 2.31. The van der Waals surface area contributed by atoms with Crippen LogP contribution in [0.2, 0.25) is 0 Å². The SMILES string of the molecule is CCCCCCc1ccsc1-c1sc(-c2sccc2CCCCCC)c(F)c1F. The van der Waals surface area contributed by atoms with Crippen molar-refractivity contribution in [2.45, 2.75) is 78.1 Å². The molecule has 0 amide bonds. The topological polar surface area (TPSA) is 0 Å². The largest absolute Gasteiger partial charge is 0.202 e. The van der Waals surface area contributed by atoms with Crippen LogP contribution in [0, 0.1) is 11.6 Å². The summed E-state index contributed by atoms with van der Waals surface area (Å²) in [7, 11) is 0. The Morgan fingerprint density at radius 1 is 0.621 bits per heavy atom. The van der Waals surface area contributed by atoms with E-state index >= 15 is 0 Å². The maximum absolute atomic E-state index is 14.9. The molecule has 0 aliphatic rings. The van der Waals surface area contributed by atoms with Crippen LogP contribution < -0.4 is 0 Å². The van der Waals surface area contributed by atoms with Gasteiger partial charge in [0.1, 0.15) is 0 Å². The summed E-state index contributed by atoms with van der Waals surface area (Å²) in [6.45, 7) is 4.40. The first-order valence-corrected chi connectivity index (χ1v) is 13.4. The maximum Gasteiger partial charge on any atom is 0.178 e. The van der Waals surface area contributed by atoms with Crippen molar-refractivity contribution in [3.05, 3.63) is 45.7 Å². The lowest BCUT2D eigenvalue weighted by Crippen LogP contribution is -1.88. The van der Waals surface area contributed by atoms with E-state index in [0.717, 1.165) is 46.6 Å². The fourth-order valence-corrected chi connectivity index (χ4v) is 6.95. The summed E-state index contributed by atoms with van der Waals surface area (Å²) in [5.74, 6) is -1.35. The van der Waals surface area contributed by atoms with Crippen molar-refractivity contribution in [2.75, 3.05) is 0 Å². The van der Waals surface area contributed by atoms with Crippen LogP contribution >= 0.6 is 34.0 Å². The van der Waals surface area contributed by atoms with E-state index < -0.39 is 11.6 Å². The molecule has 0 fully saturated rings. The third-order valence-electron chi connectivity index (χ3n) is 5.30. The van der Waals surface area contributed by atoms with Crippen molar-refractivity contribution in [1.82, 2.24) is 0 Å². The van der Waals surface area contributed by atoms with Gasteiger partial charge in [-0.15, -0.1) is 34.0 Å². The lowest BCUT2D eigenvalue weighted by atomic mass is 10.1. The summed E-state index contributed by atoms with van der Waals surface area (Å²) < 4.78 is 29.9. The summed E-state index contributed by atoms with van der Waals surface area (Å²) in [4.78, 5) is 2.78. The first-order valence-electron chi connectivity index (χ1n) is 10.8. The fraction of sp³-hybridized carbons (Fsp3) is 0.500. The highest BCUT2D eigenvalue weighted by atomic mass is 32.1. The molecule has 3 rings (SSSR count). The third-order valence-corrected chi connectivity index (χ3v) is 8.68. The second-order valence-electron chi connectivity index (χ2n) is 7.56. The Labute approximate surface area is 185 Å². The Hall–Kier alpha value is -1.04. The normalized spacial score (nSPS) is 11.4. The van der Waals surface area contributed by atoms with Crippen molar-refractivity contribution in [1.29, 1.82) is 0 Å². The highest BCUT2D eigenvalue weighted by Gasteiger charge is 2.25. The average molecular weight is 453 g/mol. The molecule has 0 aromatic carbocycles. The van der Waals surface area contributed by atoms with Gasteiger partial charge in [-0.3, -0.25) is 0 Å². The molecule has 29 heavy (non-hydrogen) atoms. The van der Waals surface area contributed by atoms with E-state index in [4.69, 9.17) is 0 Å². The Balaban J connectivity index is 1.81. The fourth-order valence-electron chi connectivity index (χ4n) is 3.63. The zero-order valence-corrected chi connectivity index (χ0v) is 19.8. The monoisotopic (exact) mass is 452 g/mol. The van der Waals surface area contributed by atoms with Crippen molar-refractivity contribution in [3.8, 4) is 19.5 Å². The number of thiophene rings is 3. The predicted octanol–water partition coefficient (Wildman–Crippen LogP) is 9.73. The molecule has 0 spiro atoms. The molecule has 0 radical (unpaired) electrons. The van der Waals surface area contributed by atoms with Crippen LogP contribution in [0.5, 0.6) is 0 Å². The van der Waals surface area contributed by atoms with E-state index in [1.807, 2.05) is 10.8 Å². The summed E-state index contributed by atoms with van der Waals surface area (Å²) in [6, 6.07) is 4.15. The molecule has 0 aliphatic carbocycles. The molecule has 0 saturated carbocycles. The van der Waals surface area contributed by atoms with Crippen molar-refractivity contribution < 1.29 is 8.78 Å². The molecular formula is C24H30F2S3. The zero-order valence-electron chi connectivity index (χ0n) is 17.4. The first-order chi connectivity index (χ1) is 14.2. The molecular weight excluding hydrogens is 422 g/mol. The first kappa shape index (κ1) is 22.6. The quantitative estimate of drug-likeness (QED) is 0.240. The molecule has 0 nitrogen and oxygen atoms in total. The van der Waals surface area contributed by atoms with Gasteiger partial charge in [-0.1, -0.05) is 52.4 Å². The van der Waals surface area contributed by atoms with E-state index in [9.17, 15) is 8.78 Å². The van der Waals surface area contributed by atoms with E-state index in [-0.39, 0.29) is 0 Å². The molecule has 5 heteroatoms. The number of unbranched alkanes of at least 4 members (excludes halogenated alkanes) is 6. The van der Waals surface area contributed by atoms with Gasteiger partial charge >= 0.3 is 0 Å². The maximum atomic E-state index is 14.9. The van der Waals surface area contributed by atoms with Crippen molar-refractivity contribution in [2.24, 2.45) is 0 Å².